The summed E-state index contributed by atoms with van der Waals surface area (Å²) in [7, 11) is 0. The predicted molar refractivity (Wildman–Crippen MR) is 152 cm³/mol. The molecule has 0 aliphatic carbocycles. The van der Waals surface area contributed by atoms with Crippen LogP contribution in [0.4, 0.5) is 13.2 Å². The number of carbonyl (C=O) groups is 3. The van der Waals surface area contributed by atoms with E-state index in [1.54, 1.807) is 12.1 Å². The van der Waals surface area contributed by atoms with Gasteiger partial charge in [0.25, 0.3) is 5.91 Å². The third kappa shape index (κ3) is 9.03. The summed E-state index contributed by atoms with van der Waals surface area (Å²) in [6.45, 7) is 0.839. The van der Waals surface area contributed by atoms with E-state index < -0.39 is 35.9 Å². The van der Waals surface area contributed by atoms with E-state index in [0.717, 1.165) is 11.6 Å². The van der Waals surface area contributed by atoms with Crippen LogP contribution in [0.5, 0.6) is 17.2 Å². The van der Waals surface area contributed by atoms with Crippen molar-refractivity contribution in [2.45, 2.75) is 38.7 Å². The number of nitrogens with zero attached hydrogens (tertiary/aromatic N) is 1. The third-order valence-corrected chi connectivity index (χ3v) is 7.30. The van der Waals surface area contributed by atoms with Gasteiger partial charge in [0.2, 0.25) is 0 Å². The summed E-state index contributed by atoms with van der Waals surface area (Å²) in [4.78, 5) is 37.5. The van der Waals surface area contributed by atoms with Gasteiger partial charge < -0.3 is 29.3 Å². The van der Waals surface area contributed by atoms with Crippen LogP contribution >= 0.6 is 11.6 Å². The number of likely N-dealkylation sites (tertiary alicyclic amines) is 1. The lowest BCUT2D eigenvalue weighted by Crippen LogP contribution is -2.40. The van der Waals surface area contributed by atoms with Crippen molar-refractivity contribution in [3.63, 3.8) is 0 Å². The first-order valence-corrected chi connectivity index (χ1v) is 14.1. The average Bonchev–Trinajstić information content (AvgIpc) is 2.99. The second-order valence-electron chi connectivity index (χ2n) is 10.1. The minimum atomic E-state index is -4.84. The maximum absolute atomic E-state index is 13.2. The van der Waals surface area contributed by atoms with Gasteiger partial charge in [0.15, 0.2) is 0 Å². The molecule has 1 fully saturated rings. The number of ether oxygens (including phenoxy) is 3. The Morgan fingerprint density at radius 3 is 2.16 bits per heavy atom. The second-order valence-corrected chi connectivity index (χ2v) is 10.5. The van der Waals surface area contributed by atoms with Gasteiger partial charge in [-0.1, -0.05) is 29.8 Å². The first-order valence-electron chi connectivity index (χ1n) is 13.7. The fourth-order valence-corrected chi connectivity index (χ4v) is 4.92. The quantitative estimate of drug-likeness (QED) is 0.217. The van der Waals surface area contributed by atoms with Gasteiger partial charge >= 0.3 is 18.3 Å². The van der Waals surface area contributed by atoms with Gasteiger partial charge in [-0.25, -0.2) is 4.79 Å². The molecule has 0 unspecified atom stereocenters. The minimum Gasteiger partial charge on any atom is -0.493 e. The molecule has 0 atom stereocenters. The lowest BCUT2D eigenvalue weighted by molar-refractivity contribution is -0.274. The summed E-state index contributed by atoms with van der Waals surface area (Å²) in [5.74, 6) is -2.69. The zero-order valence-corrected chi connectivity index (χ0v) is 24.1. The Hall–Kier alpha value is -4.45. The standard InChI is InChI=1S/C31H29ClF3NO8/c32-25-16-20(5-9-27(25)44-31(33,34)35)18-43-23-7-3-19(4-8-23)2-1-15-42-26-10-6-22(30(40)41)17-24(26)28(37)36-13-11-21(12-14-36)29(38)39/h3-10,16-17,21H,1-2,11-15,18H2,(H,38,39)(H,40,41). The van der Waals surface area contributed by atoms with Crippen LogP contribution in [0.1, 0.15) is 51.1 Å². The molecule has 1 aliphatic heterocycles. The van der Waals surface area contributed by atoms with Crippen LogP contribution < -0.4 is 14.2 Å². The van der Waals surface area contributed by atoms with Crippen molar-refractivity contribution in [1.82, 2.24) is 4.90 Å². The predicted octanol–water partition coefficient (Wildman–Crippen LogP) is 6.46. The fraction of sp³-hybridized carbons (Fsp3) is 0.323. The maximum atomic E-state index is 13.2. The van der Waals surface area contributed by atoms with Crippen molar-refractivity contribution >= 4 is 29.4 Å². The molecule has 44 heavy (non-hydrogen) atoms. The van der Waals surface area contributed by atoms with Crippen molar-refractivity contribution in [3.8, 4) is 17.2 Å². The van der Waals surface area contributed by atoms with E-state index in [2.05, 4.69) is 4.74 Å². The molecule has 1 amide bonds. The van der Waals surface area contributed by atoms with Crippen LogP contribution in [0, 0.1) is 5.92 Å². The Morgan fingerprint density at radius 2 is 1.55 bits per heavy atom. The highest BCUT2D eigenvalue weighted by Gasteiger charge is 2.32. The fourth-order valence-electron chi connectivity index (χ4n) is 4.67. The number of carboxylic acid groups (broad SMARTS) is 2. The SMILES string of the molecule is O=C(O)c1ccc(OCCCc2ccc(OCc3ccc(OC(F)(F)F)c(Cl)c3)cc2)c(C(=O)N2CCC(C(=O)O)CC2)c1. The summed E-state index contributed by atoms with van der Waals surface area (Å²) in [6, 6.07) is 15.2. The summed E-state index contributed by atoms with van der Waals surface area (Å²) in [5, 5.41) is 18.4. The molecule has 234 valence electrons. The number of aromatic carboxylic acids is 1. The number of halogens is 4. The molecule has 0 saturated carbocycles. The molecule has 0 spiro atoms. The van der Waals surface area contributed by atoms with E-state index in [1.807, 2.05) is 12.1 Å². The molecule has 3 aromatic carbocycles. The van der Waals surface area contributed by atoms with Gasteiger partial charge in [-0.15, -0.1) is 13.2 Å². The largest absolute Gasteiger partial charge is 0.573 e. The molecule has 2 N–H and O–H groups in total. The Balaban J connectivity index is 1.28. The molecule has 4 rings (SSSR count). The van der Waals surface area contributed by atoms with Crippen LogP contribution in [-0.2, 0) is 17.8 Å². The molecular weight excluding hydrogens is 607 g/mol. The van der Waals surface area contributed by atoms with Crippen LogP contribution in [-0.4, -0.2) is 59.0 Å². The molecule has 1 saturated heterocycles. The summed E-state index contributed by atoms with van der Waals surface area (Å²) in [6.07, 6.45) is -2.97. The minimum absolute atomic E-state index is 0.0565. The number of rotatable bonds is 12. The number of hydrogen-bond donors (Lipinski definition) is 2. The highest BCUT2D eigenvalue weighted by Crippen LogP contribution is 2.31. The molecule has 13 heteroatoms. The maximum Gasteiger partial charge on any atom is 0.573 e. The third-order valence-electron chi connectivity index (χ3n) is 7.01. The first-order chi connectivity index (χ1) is 20.9. The number of benzene rings is 3. The molecule has 1 heterocycles. The topological polar surface area (TPSA) is 123 Å². The summed E-state index contributed by atoms with van der Waals surface area (Å²) in [5.41, 5.74) is 1.60. The van der Waals surface area contributed by atoms with E-state index in [9.17, 15) is 37.8 Å². The normalized spacial score (nSPS) is 13.8. The van der Waals surface area contributed by atoms with E-state index in [-0.39, 0.29) is 48.2 Å². The average molecular weight is 636 g/mol. The second kappa shape index (κ2) is 14.3. The smallest absolute Gasteiger partial charge is 0.493 e. The van der Waals surface area contributed by atoms with Crippen LogP contribution in [0.25, 0.3) is 0 Å². The van der Waals surface area contributed by atoms with Crippen molar-refractivity contribution in [3.05, 3.63) is 87.9 Å². The molecule has 0 bridgehead atoms. The number of aryl methyl sites for hydroxylation is 1. The number of piperidine rings is 1. The van der Waals surface area contributed by atoms with Gasteiger partial charge in [0.1, 0.15) is 23.9 Å². The molecule has 0 aromatic heterocycles. The molecule has 1 aliphatic rings. The highest BCUT2D eigenvalue weighted by atomic mass is 35.5. The Kier molecular flexibility index (Phi) is 10.6. The summed E-state index contributed by atoms with van der Waals surface area (Å²) >= 11 is 5.88. The van der Waals surface area contributed by atoms with Crippen molar-refractivity contribution < 1.29 is 52.0 Å². The zero-order valence-electron chi connectivity index (χ0n) is 23.3. The van der Waals surface area contributed by atoms with Crippen LogP contribution in [0.15, 0.2) is 60.7 Å². The lowest BCUT2D eigenvalue weighted by atomic mass is 9.96. The van der Waals surface area contributed by atoms with Gasteiger partial charge in [0.05, 0.1) is 28.7 Å². The molecule has 3 aromatic rings. The number of hydrogen-bond acceptors (Lipinski definition) is 6. The number of alkyl halides is 3. The van der Waals surface area contributed by atoms with Gasteiger partial charge in [-0.05, 0) is 79.3 Å². The monoisotopic (exact) mass is 635 g/mol. The molecule has 0 radical (unpaired) electrons. The van der Waals surface area contributed by atoms with E-state index in [4.69, 9.17) is 21.1 Å². The van der Waals surface area contributed by atoms with Gasteiger partial charge in [-0.2, -0.15) is 0 Å². The van der Waals surface area contributed by atoms with Crippen molar-refractivity contribution in [2.24, 2.45) is 5.92 Å². The van der Waals surface area contributed by atoms with Crippen molar-refractivity contribution in [2.75, 3.05) is 19.7 Å². The van der Waals surface area contributed by atoms with E-state index >= 15 is 0 Å². The lowest BCUT2D eigenvalue weighted by Gasteiger charge is -2.30. The number of carbonyl (C=O) groups excluding carboxylic acids is 1. The first kappa shape index (κ1) is 32.5. The van der Waals surface area contributed by atoms with E-state index in [1.165, 1.54) is 35.2 Å². The molecular formula is C31H29ClF3NO8. The highest BCUT2D eigenvalue weighted by molar-refractivity contribution is 6.32. The number of amides is 1. The van der Waals surface area contributed by atoms with Crippen molar-refractivity contribution in [1.29, 1.82) is 0 Å². The molecule has 9 nitrogen and oxygen atoms in total. The Morgan fingerprint density at radius 1 is 0.886 bits per heavy atom. The Labute approximate surface area is 255 Å². The van der Waals surface area contributed by atoms with E-state index in [0.29, 0.717) is 37.0 Å². The zero-order chi connectivity index (χ0) is 31.9. The van der Waals surface area contributed by atoms with Gasteiger partial charge in [0, 0.05) is 13.1 Å². The summed E-state index contributed by atoms with van der Waals surface area (Å²) < 4.78 is 52.7. The van der Waals surface area contributed by atoms with Gasteiger partial charge in [-0.3, -0.25) is 9.59 Å². The number of aliphatic carboxylic acids is 1. The van der Waals surface area contributed by atoms with Crippen LogP contribution in [0.3, 0.4) is 0 Å². The Bertz CT molecular complexity index is 1490. The number of carboxylic acids is 2. The van der Waals surface area contributed by atoms with Crippen LogP contribution in [0.2, 0.25) is 5.02 Å².